The monoisotopic (exact) mass is 204 g/mol. The van der Waals surface area contributed by atoms with Crippen LogP contribution in [0.1, 0.15) is 0 Å². The first-order valence-corrected chi connectivity index (χ1v) is 3.96. The van der Waals surface area contributed by atoms with Gasteiger partial charge in [-0.2, -0.15) is 0 Å². The minimum atomic E-state index is -10.5. The topological polar surface area (TPSA) is 37.3 Å². The van der Waals surface area contributed by atoms with Crippen LogP contribution >= 0.6 is 10.2 Å². The van der Waals surface area contributed by atoms with Crippen LogP contribution in [0.15, 0.2) is 0 Å². The van der Waals surface area contributed by atoms with Gasteiger partial charge in [-0.15, -0.1) is 0 Å². The number of carboxylic acids is 1. The van der Waals surface area contributed by atoms with Crippen molar-refractivity contribution in [3.05, 3.63) is 0 Å². The van der Waals surface area contributed by atoms with Gasteiger partial charge in [-0.1, -0.05) is 19.4 Å². The van der Waals surface area contributed by atoms with Crippen LogP contribution < -0.4 is 0 Å². The molecule has 2 nitrogen and oxygen atoms in total. The van der Waals surface area contributed by atoms with E-state index in [2.05, 4.69) is 0 Å². The highest BCUT2D eigenvalue weighted by atomic mass is 32.5. The molecule has 1 atom stereocenters. The maximum absolute atomic E-state index is 11.4. The summed E-state index contributed by atoms with van der Waals surface area (Å²) in [5, 5.41) is 7.30. The molecule has 0 aliphatic heterocycles. The molecule has 0 aromatic carbocycles. The Morgan fingerprint density at radius 2 is 1.45 bits per heavy atom. The molecule has 70 valence electrons. The highest BCUT2D eigenvalue weighted by molar-refractivity contribution is 8.46. The number of carboxylic acid groups (broad SMARTS) is 1. The predicted octanol–water partition coefficient (Wildman–Crippen LogP) is 2.67. The number of hydrogen-bond donors (Lipinski definition) is 1. The molecule has 0 heterocycles. The first-order valence-electron chi connectivity index (χ1n) is 1.94. The minimum Gasteiger partial charge on any atom is -0.478 e. The molecule has 0 bridgehead atoms. The molecule has 9 heteroatoms. The Balaban J connectivity index is 5.02. The van der Waals surface area contributed by atoms with Crippen molar-refractivity contribution in [1.82, 2.24) is 0 Å². The molecule has 0 fully saturated rings. The van der Waals surface area contributed by atoms with Crippen LogP contribution in [-0.2, 0) is 4.79 Å². The van der Waals surface area contributed by atoms with Gasteiger partial charge in [-0.3, -0.25) is 0 Å². The van der Waals surface area contributed by atoms with Crippen molar-refractivity contribution in [2.24, 2.45) is 0 Å². The lowest BCUT2D eigenvalue weighted by Gasteiger charge is -2.40. The molecule has 0 aromatic rings. The number of aliphatic carboxylic acids is 1. The van der Waals surface area contributed by atoms with Gasteiger partial charge in [0.25, 0.3) is 0 Å². The van der Waals surface area contributed by atoms with Crippen molar-refractivity contribution >= 4 is 16.2 Å². The molecule has 0 rings (SSSR count). The van der Waals surface area contributed by atoms with E-state index in [0.29, 0.717) is 0 Å². The summed E-state index contributed by atoms with van der Waals surface area (Å²) in [5.74, 6) is -3.23. The molecule has 0 aromatic heterocycles. The first-order chi connectivity index (χ1) is 4.34. The second-order valence-corrected chi connectivity index (χ2v) is 4.15. The van der Waals surface area contributed by atoms with E-state index in [1.54, 1.807) is 0 Å². The lowest BCUT2D eigenvalue weighted by molar-refractivity contribution is -0.140. The molecule has 1 N–H and O–H groups in total. The van der Waals surface area contributed by atoms with Crippen molar-refractivity contribution in [1.29, 1.82) is 0 Å². The van der Waals surface area contributed by atoms with Gasteiger partial charge in [0.15, 0.2) is 0 Å². The van der Waals surface area contributed by atoms with E-state index in [9.17, 15) is 28.6 Å². The third-order valence-electron chi connectivity index (χ3n) is 0.585. The fourth-order valence-corrected chi connectivity index (χ4v) is 0.572. The summed E-state index contributed by atoms with van der Waals surface area (Å²) in [6.07, 6.45) is 0. The van der Waals surface area contributed by atoms with E-state index >= 15 is 0 Å². The summed E-state index contributed by atoms with van der Waals surface area (Å²) in [4.78, 5) is 9.21. The van der Waals surface area contributed by atoms with Crippen LogP contribution in [-0.4, -0.2) is 16.6 Å². The first kappa shape index (κ1) is 10.4. The molecule has 0 saturated carbocycles. The normalized spacial score (nSPS) is 21.6. The van der Waals surface area contributed by atoms with E-state index < -0.39 is 21.7 Å². The van der Waals surface area contributed by atoms with Gasteiger partial charge in [-0.25, -0.2) is 9.18 Å². The van der Waals surface area contributed by atoms with Crippen molar-refractivity contribution in [2.75, 3.05) is 0 Å². The number of halogens is 6. The lowest BCUT2D eigenvalue weighted by atomic mass is 10.8. The molecule has 11 heavy (non-hydrogen) atoms. The highest BCUT2D eigenvalue weighted by Gasteiger charge is 2.74. The van der Waals surface area contributed by atoms with Crippen molar-refractivity contribution < 1.29 is 33.7 Å². The molecule has 0 saturated heterocycles. The quantitative estimate of drug-likeness (QED) is 0.702. The van der Waals surface area contributed by atoms with Gasteiger partial charge in [0.2, 0.25) is 0 Å². The summed E-state index contributed by atoms with van der Waals surface area (Å²) in [6.45, 7) is 0. The van der Waals surface area contributed by atoms with Gasteiger partial charge in [0.1, 0.15) is 0 Å². The minimum absolute atomic E-state index is 3.23. The number of alkyl halides is 1. The molecule has 0 radical (unpaired) electrons. The van der Waals surface area contributed by atoms with Gasteiger partial charge in [-0.05, 0) is 0 Å². The maximum atomic E-state index is 11.4. The number of carbonyl (C=O) groups is 1. The maximum Gasteiger partial charge on any atom is 0.358 e. The summed E-state index contributed by atoms with van der Waals surface area (Å²) in [6, 6.07) is 0. The Bertz CT molecular complexity index is 190. The van der Waals surface area contributed by atoms with Crippen LogP contribution in [0.25, 0.3) is 0 Å². The van der Waals surface area contributed by atoms with E-state index in [-0.39, 0.29) is 0 Å². The zero-order chi connectivity index (χ0) is 9.56. The second kappa shape index (κ2) is 1.59. The highest BCUT2D eigenvalue weighted by Crippen LogP contribution is 3.00. The summed E-state index contributed by atoms with van der Waals surface area (Å²) < 4.78 is 66.9. The summed E-state index contributed by atoms with van der Waals surface area (Å²) >= 11 is 0. The molecular formula is C2H2F6O2S. The van der Waals surface area contributed by atoms with Crippen LogP contribution in [0.3, 0.4) is 0 Å². The van der Waals surface area contributed by atoms with Crippen molar-refractivity contribution in [2.45, 2.75) is 5.50 Å². The second-order valence-electron chi connectivity index (χ2n) is 1.68. The third-order valence-corrected chi connectivity index (χ3v) is 1.57. The molecular weight excluding hydrogens is 202 g/mol. The van der Waals surface area contributed by atoms with E-state index in [1.165, 1.54) is 0 Å². The fraction of sp³-hybridized carbons (Fsp3) is 0.500. The summed E-state index contributed by atoms with van der Waals surface area (Å²) in [7, 11) is -10.5. The van der Waals surface area contributed by atoms with Crippen LogP contribution in [0, 0.1) is 0 Å². The number of hydrogen-bond acceptors (Lipinski definition) is 1. The predicted molar refractivity (Wildman–Crippen MR) is 25.7 cm³/mol. The average Bonchev–Trinajstić information content (AvgIpc) is 1.57. The zero-order valence-corrected chi connectivity index (χ0v) is 5.43. The van der Waals surface area contributed by atoms with Crippen LogP contribution in [0.4, 0.5) is 23.8 Å². The molecule has 0 spiro atoms. The van der Waals surface area contributed by atoms with Crippen molar-refractivity contribution in [3.8, 4) is 0 Å². The molecule has 0 aliphatic carbocycles. The summed E-state index contributed by atoms with van der Waals surface area (Å²) in [5.41, 5.74) is -5.09. The van der Waals surface area contributed by atoms with Crippen LogP contribution in [0.2, 0.25) is 0 Å². The Kier molecular flexibility index (Phi) is 1.51. The van der Waals surface area contributed by atoms with Gasteiger partial charge in [0, 0.05) is 0 Å². The SMILES string of the molecule is O=C(O)C(F)S(F)(F)(F)(F)F. The Morgan fingerprint density at radius 3 is 1.45 bits per heavy atom. The van der Waals surface area contributed by atoms with E-state index in [0.717, 1.165) is 0 Å². The van der Waals surface area contributed by atoms with E-state index in [4.69, 9.17) is 5.11 Å². The molecule has 1 unspecified atom stereocenters. The zero-order valence-electron chi connectivity index (χ0n) is 4.61. The Hall–Kier alpha value is -0.600. The third kappa shape index (κ3) is 2.87. The Morgan fingerprint density at radius 1 is 1.18 bits per heavy atom. The lowest BCUT2D eigenvalue weighted by Crippen LogP contribution is -2.28. The van der Waals surface area contributed by atoms with Gasteiger partial charge < -0.3 is 5.11 Å². The molecule has 0 amide bonds. The van der Waals surface area contributed by atoms with E-state index in [1.807, 2.05) is 0 Å². The van der Waals surface area contributed by atoms with Gasteiger partial charge >= 0.3 is 21.7 Å². The Labute approximate surface area is 56.5 Å². The smallest absolute Gasteiger partial charge is 0.358 e. The fourth-order valence-electron chi connectivity index (χ4n) is 0.191. The average molecular weight is 204 g/mol. The standard InChI is InChI=1S/C2H2F6O2S/c3-1(2(9)10)11(4,5,6,7)8/h1H,(H,9,10). The van der Waals surface area contributed by atoms with Gasteiger partial charge in [0.05, 0.1) is 0 Å². The number of rotatable bonds is 2. The van der Waals surface area contributed by atoms with Crippen LogP contribution in [0.5, 0.6) is 0 Å². The molecule has 0 aliphatic rings. The van der Waals surface area contributed by atoms with Crippen molar-refractivity contribution in [3.63, 3.8) is 0 Å². The largest absolute Gasteiger partial charge is 0.478 e.